The maximum absolute atomic E-state index is 5.10. The van der Waals surface area contributed by atoms with Gasteiger partial charge in [-0.2, -0.15) is 0 Å². The van der Waals surface area contributed by atoms with Gasteiger partial charge in [-0.1, -0.05) is 97.1 Å². The standard InChI is InChI=1S/C46H29N5S/c1-3-10-31(11-4-1)42-37-18-19-41-43(45(37)52-44(42)32-12-5-2-6-13-32)36-16-7-8-17-40(36)51(41)35-15-9-14-34(28-35)39-29-38(30-20-24-47-25-21-30)49-46(50-39)33-22-26-48-27-23-33/h1-29H. The number of fused-ring (bicyclic) bond motifs is 5. The Hall–Kier alpha value is -6.76. The first-order valence-electron chi connectivity index (χ1n) is 17.2. The second kappa shape index (κ2) is 12.5. The van der Waals surface area contributed by atoms with Crippen molar-refractivity contribution in [3.63, 3.8) is 0 Å². The first kappa shape index (κ1) is 30.1. The lowest BCUT2D eigenvalue weighted by Crippen LogP contribution is -1.98. The van der Waals surface area contributed by atoms with E-state index < -0.39 is 0 Å². The molecule has 0 aliphatic rings. The first-order chi connectivity index (χ1) is 25.8. The molecule has 10 rings (SSSR count). The Balaban J connectivity index is 1.20. The molecule has 0 saturated heterocycles. The Morgan fingerprint density at radius 2 is 1.08 bits per heavy atom. The second-order valence-corrected chi connectivity index (χ2v) is 13.7. The summed E-state index contributed by atoms with van der Waals surface area (Å²) in [6.07, 6.45) is 7.14. The highest BCUT2D eigenvalue weighted by molar-refractivity contribution is 7.24. The topological polar surface area (TPSA) is 56.5 Å². The highest BCUT2D eigenvalue weighted by Gasteiger charge is 2.22. The number of benzene rings is 5. The van der Waals surface area contributed by atoms with Gasteiger partial charge in [-0.3, -0.25) is 9.97 Å². The van der Waals surface area contributed by atoms with Gasteiger partial charge in [0.05, 0.1) is 22.4 Å². The fourth-order valence-corrected chi connectivity index (χ4v) is 8.65. The van der Waals surface area contributed by atoms with Crippen LogP contribution in [0.1, 0.15) is 0 Å². The van der Waals surface area contributed by atoms with E-state index in [0.29, 0.717) is 5.82 Å². The van der Waals surface area contributed by atoms with Crippen LogP contribution in [0.2, 0.25) is 0 Å². The molecule has 0 saturated carbocycles. The zero-order valence-corrected chi connectivity index (χ0v) is 28.7. The Bertz CT molecular complexity index is 2820. The minimum absolute atomic E-state index is 0.650. The number of para-hydroxylation sites is 1. The number of pyridine rings is 2. The molecule has 0 amide bonds. The SMILES string of the molecule is c1ccc(-c2sc3c(ccc4c3c3ccccc3n4-c3cccc(-c4cc(-c5ccncc5)nc(-c5ccncc5)n4)c3)c2-c2ccccc2)cc1. The molecule has 0 atom stereocenters. The van der Waals surface area contributed by atoms with Crippen LogP contribution in [0.5, 0.6) is 0 Å². The van der Waals surface area contributed by atoms with Crippen LogP contribution < -0.4 is 0 Å². The van der Waals surface area contributed by atoms with Gasteiger partial charge in [-0.15, -0.1) is 11.3 Å². The van der Waals surface area contributed by atoms with Gasteiger partial charge in [0.1, 0.15) is 0 Å². The van der Waals surface area contributed by atoms with Crippen molar-refractivity contribution in [2.75, 3.05) is 0 Å². The third-order valence-corrected chi connectivity index (χ3v) is 10.9. The predicted octanol–water partition coefficient (Wildman–Crippen LogP) is 11.9. The highest BCUT2D eigenvalue weighted by Crippen LogP contribution is 2.49. The number of rotatable bonds is 6. The normalized spacial score (nSPS) is 11.5. The molecule has 5 nitrogen and oxygen atoms in total. The molecule has 0 unspecified atom stereocenters. The van der Waals surface area contributed by atoms with E-state index in [1.807, 2.05) is 35.6 Å². The maximum atomic E-state index is 5.10. The third kappa shape index (κ3) is 5.08. The molecular weight excluding hydrogens is 655 g/mol. The summed E-state index contributed by atoms with van der Waals surface area (Å²) in [4.78, 5) is 19.8. The molecule has 0 aliphatic heterocycles. The molecule has 0 N–H and O–H groups in total. The summed E-state index contributed by atoms with van der Waals surface area (Å²) in [5.74, 6) is 0.650. The zero-order chi connectivity index (χ0) is 34.4. The van der Waals surface area contributed by atoms with Crippen LogP contribution in [0.3, 0.4) is 0 Å². The average molecular weight is 684 g/mol. The lowest BCUT2D eigenvalue weighted by molar-refractivity contribution is 1.16. The van der Waals surface area contributed by atoms with Crippen molar-refractivity contribution in [1.29, 1.82) is 0 Å². The van der Waals surface area contributed by atoms with Crippen molar-refractivity contribution >= 4 is 43.2 Å². The largest absolute Gasteiger partial charge is 0.309 e. The molecule has 0 aliphatic carbocycles. The van der Waals surface area contributed by atoms with Crippen LogP contribution in [0.15, 0.2) is 176 Å². The first-order valence-corrected chi connectivity index (χ1v) is 18.0. The quantitative estimate of drug-likeness (QED) is 0.175. The Labute approximate surface area is 304 Å². The van der Waals surface area contributed by atoms with Crippen LogP contribution in [0.4, 0.5) is 0 Å². The van der Waals surface area contributed by atoms with E-state index in [2.05, 4.69) is 142 Å². The molecule has 0 spiro atoms. The van der Waals surface area contributed by atoms with E-state index in [-0.39, 0.29) is 0 Å². The van der Waals surface area contributed by atoms with Gasteiger partial charge in [0.2, 0.25) is 0 Å². The summed E-state index contributed by atoms with van der Waals surface area (Å²) in [6, 6.07) is 53.5. The van der Waals surface area contributed by atoms with Crippen molar-refractivity contribution in [2.24, 2.45) is 0 Å². The van der Waals surface area contributed by atoms with Gasteiger partial charge in [-0.25, -0.2) is 9.97 Å². The van der Waals surface area contributed by atoms with Crippen molar-refractivity contribution < 1.29 is 0 Å². The van der Waals surface area contributed by atoms with E-state index in [4.69, 9.17) is 9.97 Å². The molecule has 6 heteroatoms. The smallest absolute Gasteiger partial charge is 0.160 e. The summed E-state index contributed by atoms with van der Waals surface area (Å²) in [6.45, 7) is 0. The number of hydrogen-bond donors (Lipinski definition) is 0. The molecule has 5 aromatic carbocycles. The molecule has 244 valence electrons. The molecule has 0 bridgehead atoms. The lowest BCUT2D eigenvalue weighted by atomic mass is 9.98. The molecule has 5 heterocycles. The lowest BCUT2D eigenvalue weighted by Gasteiger charge is -2.12. The van der Waals surface area contributed by atoms with Crippen molar-refractivity contribution in [3.8, 4) is 61.2 Å². The van der Waals surface area contributed by atoms with Crippen molar-refractivity contribution in [1.82, 2.24) is 24.5 Å². The van der Waals surface area contributed by atoms with Crippen LogP contribution in [0.25, 0.3) is 93.0 Å². The monoisotopic (exact) mass is 683 g/mol. The van der Waals surface area contributed by atoms with Crippen LogP contribution in [-0.2, 0) is 0 Å². The minimum atomic E-state index is 0.650. The van der Waals surface area contributed by atoms with Gasteiger partial charge >= 0.3 is 0 Å². The minimum Gasteiger partial charge on any atom is -0.309 e. The van der Waals surface area contributed by atoms with Gasteiger partial charge in [0.25, 0.3) is 0 Å². The maximum Gasteiger partial charge on any atom is 0.160 e. The molecule has 0 radical (unpaired) electrons. The molecule has 0 fully saturated rings. The summed E-state index contributed by atoms with van der Waals surface area (Å²) in [7, 11) is 0. The summed E-state index contributed by atoms with van der Waals surface area (Å²) < 4.78 is 3.69. The van der Waals surface area contributed by atoms with Crippen molar-refractivity contribution in [2.45, 2.75) is 0 Å². The second-order valence-electron chi connectivity index (χ2n) is 12.7. The van der Waals surface area contributed by atoms with Gasteiger partial charge in [0.15, 0.2) is 5.82 Å². The highest BCUT2D eigenvalue weighted by atomic mass is 32.1. The fourth-order valence-electron chi connectivity index (χ4n) is 7.27. The zero-order valence-electron chi connectivity index (χ0n) is 27.9. The van der Waals surface area contributed by atoms with Gasteiger partial charge in [0, 0.05) is 78.5 Å². The molecule has 5 aromatic heterocycles. The van der Waals surface area contributed by atoms with E-state index in [0.717, 1.165) is 39.3 Å². The number of nitrogens with zero attached hydrogens (tertiary/aromatic N) is 5. The Kier molecular flexibility index (Phi) is 7.25. The molecule has 52 heavy (non-hydrogen) atoms. The van der Waals surface area contributed by atoms with Crippen LogP contribution in [0, 0.1) is 0 Å². The van der Waals surface area contributed by atoms with Gasteiger partial charge < -0.3 is 4.57 Å². The van der Waals surface area contributed by atoms with E-state index in [1.54, 1.807) is 24.8 Å². The van der Waals surface area contributed by atoms with Gasteiger partial charge in [-0.05, 0) is 65.7 Å². The molecule has 10 aromatic rings. The molecular formula is C46H29N5S. The summed E-state index contributed by atoms with van der Waals surface area (Å²) in [5, 5.41) is 3.77. The Morgan fingerprint density at radius 1 is 0.442 bits per heavy atom. The van der Waals surface area contributed by atoms with E-state index >= 15 is 0 Å². The van der Waals surface area contributed by atoms with Crippen LogP contribution >= 0.6 is 11.3 Å². The van der Waals surface area contributed by atoms with E-state index in [9.17, 15) is 0 Å². The van der Waals surface area contributed by atoms with Crippen LogP contribution in [-0.4, -0.2) is 24.5 Å². The predicted molar refractivity (Wildman–Crippen MR) is 215 cm³/mol. The number of aromatic nitrogens is 5. The fraction of sp³-hybridized carbons (Fsp3) is 0. The number of hydrogen-bond acceptors (Lipinski definition) is 5. The van der Waals surface area contributed by atoms with E-state index in [1.165, 1.54) is 47.9 Å². The number of thiophene rings is 1. The summed E-state index contributed by atoms with van der Waals surface area (Å²) >= 11 is 1.88. The third-order valence-electron chi connectivity index (χ3n) is 9.63. The van der Waals surface area contributed by atoms with Crippen molar-refractivity contribution in [3.05, 3.63) is 176 Å². The average Bonchev–Trinajstić information content (AvgIpc) is 3.78. The summed E-state index contributed by atoms with van der Waals surface area (Å²) in [5.41, 5.74) is 11.7. The Morgan fingerprint density at radius 3 is 1.83 bits per heavy atom.